The Bertz CT molecular complexity index is 1010. The maximum Gasteiger partial charge on any atom is 0.286 e. The normalized spacial score (nSPS) is 10.7. The van der Waals surface area contributed by atoms with Crippen LogP contribution in [0, 0.1) is 24.0 Å². The van der Waals surface area contributed by atoms with Crippen LogP contribution in [0.4, 0.5) is 5.69 Å². The van der Waals surface area contributed by atoms with Gasteiger partial charge in [0, 0.05) is 36.6 Å². The maximum atomic E-state index is 12.2. The molecule has 9 heteroatoms. The molecule has 0 radical (unpaired) electrons. The smallest absolute Gasteiger partial charge is 0.286 e. The summed E-state index contributed by atoms with van der Waals surface area (Å²) in [5.41, 5.74) is 1.63. The van der Waals surface area contributed by atoms with E-state index in [0.29, 0.717) is 23.6 Å². The summed E-state index contributed by atoms with van der Waals surface area (Å²) in [6.07, 6.45) is 2.50. The molecule has 0 saturated heterocycles. The van der Waals surface area contributed by atoms with Gasteiger partial charge in [0.1, 0.15) is 18.1 Å². The van der Waals surface area contributed by atoms with Crippen LogP contribution in [0.5, 0.6) is 5.75 Å². The SMILES string of the molecule is Cc1cc(OCc2ccc(C(=O)NCCCn3nccc3C)o2)ccc1[N+](=O)[O-]. The molecule has 1 aromatic carbocycles. The van der Waals surface area contributed by atoms with Crippen molar-refractivity contribution in [3.8, 4) is 5.75 Å². The molecule has 0 atom stereocenters. The number of nitrogens with one attached hydrogen (secondary N) is 1. The topological polar surface area (TPSA) is 112 Å². The minimum atomic E-state index is -0.438. The van der Waals surface area contributed by atoms with Gasteiger partial charge in [-0.15, -0.1) is 0 Å². The fourth-order valence-electron chi connectivity index (χ4n) is 2.81. The Hall–Kier alpha value is -3.62. The van der Waals surface area contributed by atoms with Crippen molar-refractivity contribution < 1.29 is 18.9 Å². The lowest BCUT2D eigenvalue weighted by Gasteiger charge is -2.06. The second-order valence-electron chi connectivity index (χ2n) is 6.57. The van der Waals surface area contributed by atoms with Crippen LogP contribution in [-0.2, 0) is 13.2 Å². The van der Waals surface area contributed by atoms with E-state index in [2.05, 4.69) is 10.4 Å². The molecule has 0 fully saturated rings. The van der Waals surface area contributed by atoms with E-state index in [9.17, 15) is 14.9 Å². The van der Waals surface area contributed by atoms with Gasteiger partial charge in [0.25, 0.3) is 11.6 Å². The lowest BCUT2D eigenvalue weighted by atomic mass is 10.2. The van der Waals surface area contributed by atoms with Gasteiger partial charge in [0.15, 0.2) is 5.76 Å². The highest BCUT2D eigenvalue weighted by molar-refractivity contribution is 5.91. The molecule has 1 amide bonds. The van der Waals surface area contributed by atoms with Crippen LogP contribution in [0.15, 0.2) is 47.0 Å². The lowest BCUT2D eigenvalue weighted by molar-refractivity contribution is -0.385. The molecular weight excluding hydrogens is 376 g/mol. The van der Waals surface area contributed by atoms with Crippen molar-refractivity contribution in [2.24, 2.45) is 0 Å². The van der Waals surface area contributed by atoms with Crippen molar-refractivity contribution in [3.05, 3.63) is 75.5 Å². The number of amides is 1. The Balaban J connectivity index is 1.46. The summed E-state index contributed by atoms with van der Waals surface area (Å²) in [6.45, 7) is 4.98. The molecule has 0 bridgehead atoms. The minimum absolute atomic E-state index is 0.0389. The number of furan rings is 1. The van der Waals surface area contributed by atoms with Crippen molar-refractivity contribution in [1.82, 2.24) is 15.1 Å². The van der Waals surface area contributed by atoms with Gasteiger partial charge in [-0.1, -0.05) is 0 Å². The Morgan fingerprint density at radius 3 is 2.79 bits per heavy atom. The zero-order valence-electron chi connectivity index (χ0n) is 16.3. The average molecular weight is 398 g/mol. The zero-order valence-corrected chi connectivity index (χ0v) is 16.3. The van der Waals surface area contributed by atoms with Crippen LogP contribution in [0.25, 0.3) is 0 Å². The number of rotatable bonds is 9. The first-order valence-corrected chi connectivity index (χ1v) is 9.17. The van der Waals surface area contributed by atoms with E-state index in [0.717, 1.165) is 18.7 Å². The number of ether oxygens (including phenoxy) is 1. The van der Waals surface area contributed by atoms with E-state index >= 15 is 0 Å². The molecule has 3 rings (SSSR count). The third kappa shape index (κ3) is 5.22. The highest BCUT2D eigenvalue weighted by Gasteiger charge is 2.13. The summed E-state index contributed by atoms with van der Waals surface area (Å²) in [6, 6.07) is 9.71. The number of hydrogen-bond acceptors (Lipinski definition) is 6. The van der Waals surface area contributed by atoms with Crippen molar-refractivity contribution >= 4 is 11.6 Å². The number of nitro groups is 1. The number of nitro benzene ring substituents is 1. The van der Waals surface area contributed by atoms with E-state index < -0.39 is 4.92 Å². The largest absolute Gasteiger partial charge is 0.486 e. The highest BCUT2D eigenvalue weighted by Crippen LogP contribution is 2.24. The summed E-state index contributed by atoms with van der Waals surface area (Å²) >= 11 is 0. The molecule has 0 aliphatic carbocycles. The first kappa shape index (κ1) is 20.1. The van der Waals surface area contributed by atoms with Gasteiger partial charge < -0.3 is 14.5 Å². The van der Waals surface area contributed by atoms with Gasteiger partial charge >= 0.3 is 0 Å². The van der Waals surface area contributed by atoms with Crippen molar-refractivity contribution in [2.45, 2.75) is 33.4 Å². The van der Waals surface area contributed by atoms with Crippen LogP contribution in [-0.4, -0.2) is 27.2 Å². The van der Waals surface area contributed by atoms with Gasteiger partial charge in [0.2, 0.25) is 0 Å². The first-order chi connectivity index (χ1) is 13.9. The summed E-state index contributed by atoms with van der Waals surface area (Å²) in [7, 11) is 0. The fourth-order valence-corrected chi connectivity index (χ4v) is 2.81. The summed E-state index contributed by atoms with van der Waals surface area (Å²) in [5.74, 6) is 0.890. The molecule has 0 aliphatic heterocycles. The monoisotopic (exact) mass is 398 g/mol. The molecule has 0 aliphatic rings. The molecule has 0 unspecified atom stereocenters. The van der Waals surface area contributed by atoms with Gasteiger partial charge in [-0.3, -0.25) is 19.6 Å². The van der Waals surface area contributed by atoms with Crippen LogP contribution < -0.4 is 10.1 Å². The van der Waals surface area contributed by atoms with Gasteiger partial charge in [-0.05, 0) is 50.6 Å². The third-order valence-electron chi connectivity index (χ3n) is 4.39. The lowest BCUT2D eigenvalue weighted by Crippen LogP contribution is -2.25. The Labute approximate surface area is 167 Å². The van der Waals surface area contributed by atoms with Crippen LogP contribution >= 0.6 is 0 Å². The van der Waals surface area contributed by atoms with Crippen LogP contribution in [0.2, 0.25) is 0 Å². The van der Waals surface area contributed by atoms with Gasteiger partial charge in [-0.25, -0.2) is 0 Å². The molecule has 0 spiro atoms. The minimum Gasteiger partial charge on any atom is -0.486 e. The number of benzene rings is 1. The Morgan fingerprint density at radius 1 is 1.28 bits per heavy atom. The molecule has 0 saturated carbocycles. The quantitative estimate of drug-likeness (QED) is 0.336. The van der Waals surface area contributed by atoms with Crippen LogP contribution in [0.1, 0.15) is 34.0 Å². The molecule has 3 aromatic rings. The number of nitrogens with zero attached hydrogens (tertiary/aromatic N) is 3. The Kier molecular flexibility index (Phi) is 6.28. The van der Waals surface area contributed by atoms with E-state index in [-0.39, 0.29) is 24.0 Å². The molecule has 1 N–H and O–H groups in total. The van der Waals surface area contributed by atoms with E-state index in [1.165, 1.54) is 12.1 Å². The van der Waals surface area contributed by atoms with E-state index in [4.69, 9.17) is 9.15 Å². The van der Waals surface area contributed by atoms with Crippen molar-refractivity contribution in [3.63, 3.8) is 0 Å². The standard InChI is InChI=1S/C20H22N4O5/c1-14-12-16(4-6-18(14)24(26)27)28-13-17-5-7-19(29-17)20(25)21-9-3-11-23-15(2)8-10-22-23/h4-8,10,12H,3,9,11,13H2,1-2H3,(H,21,25). The number of aryl methyl sites for hydroxylation is 3. The van der Waals surface area contributed by atoms with E-state index in [1.807, 2.05) is 17.7 Å². The molecule has 2 aromatic heterocycles. The van der Waals surface area contributed by atoms with E-state index in [1.54, 1.807) is 31.3 Å². The second kappa shape index (κ2) is 9.05. The number of carbonyl (C=O) groups excluding carboxylic acids is 1. The van der Waals surface area contributed by atoms with Crippen molar-refractivity contribution in [2.75, 3.05) is 6.54 Å². The summed E-state index contributed by atoms with van der Waals surface area (Å²) in [5, 5.41) is 17.9. The maximum absolute atomic E-state index is 12.2. The molecule has 29 heavy (non-hydrogen) atoms. The zero-order chi connectivity index (χ0) is 20.8. The number of carbonyl (C=O) groups is 1. The predicted octanol–water partition coefficient (Wildman–Crippen LogP) is 3.40. The fraction of sp³-hybridized carbons (Fsp3) is 0.300. The molecule has 2 heterocycles. The third-order valence-corrected chi connectivity index (χ3v) is 4.39. The highest BCUT2D eigenvalue weighted by atomic mass is 16.6. The number of aromatic nitrogens is 2. The first-order valence-electron chi connectivity index (χ1n) is 9.17. The predicted molar refractivity (Wildman–Crippen MR) is 105 cm³/mol. The molecule has 9 nitrogen and oxygen atoms in total. The molecule has 152 valence electrons. The van der Waals surface area contributed by atoms with Gasteiger partial charge in [0.05, 0.1) is 4.92 Å². The van der Waals surface area contributed by atoms with Crippen LogP contribution in [0.3, 0.4) is 0 Å². The van der Waals surface area contributed by atoms with Crippen molar-refractivity contribution in [1.29, 1.82) is 0 Å². The summed E-state index contributed by atoms with van der Waals surface area (Å²) in [4.78, 5) is 22.6. The molecular formula is C20H22N4O5. The number of hydrogen-bond donors (Lipinski definition) is 1. The Morgan fingerprint density at radius 2 is 2.10 bits per heavy atom. The average Bonchev–Trinajstić information content (AvgIpc) is 3.32. The summed E-state index contributed by atoms with van der Waals surface area (Å²) < 4.78 is 13.0. The second-order valence-corrected chi connectivity index (χ2v) is 6.57. The van der Waals surface area contributed by atoms with Gasteiger partial charge in [-0.2, -0.15) is 5.10 Å².